The maximum absolute atomic E-state index is 11.0. The van der Waals surface area contributed by atoms with Gasteiger partial charge in [-0.25, -0.2) is 4.79 Å². The van der Waals surface area contributed by atoms with E-state index in [1.54, 1.807) is 19.9 Å². The van der Waals surface area contributed by atoms with Gasteiger partial charge in [0.1, 0.15) is 5.75 Å². The summed E-state index contributed by atoms with van der Waals surface area (Å²) in [6, 6.07) is 3.11. The topological polar surface area (TPSA) is 46.5 Å². The predicted molar refractivity (Wildman–Crippen MR) is 61.4 cm³/mol. The first-order valence-corrected chi connectivity index (χ1v) is 5.10. The van der Waals surface area contributed by atoms with Crippen molar-refractivity contribution in [2.24, 2.45) is 0 Å². The number of phenolic OH excluding ortho intramolecular Hbond substituents is 1. The SMILES string of the molecule is CCOC(=O)C#Cc1cc(Cl)cc(C)c1O. The van der Waals surface area contributed by atoms with Gasteiger partial charge in [-0.15, -0.1) is 0 Å². The summed E-state index contributed by atoms with van der Waals surface area (Å²) in [6.07, 6.45) is 0. The number of halogens is 1. The van der Waals surface area contributed by atoms with Crippen molar-refractivity contribution >= 4 is 17.6 Å². The van der Waals surface area contributed by atoms with Gasteiger partial charge in [0.05, 0.1) is 12.2 Å². The van der Waals surface area contributed by atoms with Gasteiger partial charge in [-0.3, -0.25) is 0 Å². The van der Waals surface area contributed by atoms with Crippen LogP contribution in [-0.4, -0.2) is 17.7 Å². The normalized spacial score (nSPS) is 9.19. The van der Waals surface area contributed by atoms with Gasteiger partial charge in [0, 0.05) is 10.9 Å². The molecule has 0 aliphatic heterocycles. The van der Waals surface area contributed by atoms with Crippen molar-refractivity contribution in [3.63, 3.8) is 0 Å². The number of carbonyl (C=O) groups excluding carboxylic acids is 1. The number of esters is 1. The third-order valence-electron chi connectivity index (χ3n) is 1.84. The first-order valence-electron chi connectivity index (χ1n) is 4.72. The lowest BCUT2D eigenvalue weighted by molar-refractivity contribution is -0.136. The lowest BCUT2D eigenvalue weighted by Crippen LogP contribution is -1.99. The Morgan fingerprint density at radius 2 is 2.25 bits per heavy atom. The summed E-state index contributed by atoms with van der Waals surface area (Å²) in [6.45, 7) is 3.67. The highest BCUT2D eigenvalue weighted by atomic mass is 35.5. The Kier molecular flexibility index (Phi) is 4.21. The Bertz CT molecular complexity index is 469. The molecule has 16 heavy (non-hydrogen) atoms. The highest BCUT2D eigenvalue weighted by Crippen LogP contribution is 2.25. The zero-order chi connectivity index (χ0) is 12.1. The van der Waals surface area contributed by atoms with Crippen LogP contribution in [0, 0.1) is 18.8 Å². The fraction of sp³-hybridized carbons (Fsp3) is 0.250. The van der Waals surface area contributed by atoms with Gasteiger partial charge < -0.3 is 9.84 Å². The molecule has 1 rings (SSSR count). The molecule has 3 nitrogen and oxygen atoms in total. The summed E-state index contributed by atoms with van der Waals surface area (Å²) in [5.74, 6) is 4.19. The largest absolute Gasteiger partial charge is 0.506 e. The van der Waals surface area contributed by atoms with Crippen LogP contribution in [0.25, 0.3) is 0 Å². The molecule has 0 heterocycles. The molecule has 0 bridgehead atoms. The maximum atomic E-state index is 11.0. The molecule has 1 N–H and O–H groups in total. The van der Waals surface area contributed by atoms with Gasteiger partial charge in [0.15, 0.2) is 0 Å². The van der Waals surface area contributed by atoms with E-state index in [0.717, 1.165) is 0 Å². The third kappa shape index (κ3) is 3.18. The number of aryl methyl sites for hydroxylation is 1. The van der Waals surface area contributed by atoms with Crippen LogP contribution < -0.4 is 0 Å². The molecule has 0 fully saturated rings. The first kappa shape index (κ1) is 12.4. The summed E-state index contributed by atoms with van der Waals surface area (Å²) < 4.78 is 4.64. The van der Waals surface area contributed by atoms with Crippen molar-refractivity contribution in [3.8, 4) is 17.6 Å². The Morgan fingerprint density at radius 3 is 2.88 bits per heavy atom. The van der Waals surface area contributed by atoms with Crippen LogP contribution in [0.1, 0.15) is 18.1 Å². The van der Waals surface area contributed by atoms with Crippen molar-refractivity contribution < 1.29 is 14.6 Å². The van der Waals surface area contributed by atoms with E-state index in [1.165, 1.54) is 6.07 Å². The molecule has 0 amide bonds. The third-order valence-corrected chi connectivity index (χ3v) is 2.06. The second-order valence-corrected chi connectivity index (χ2v) is 3.53. The zero-order valence-corrected chi connectivity index (χ0v) is 9.76. The Morgan fingerprint density at radius 1 is 1.56 bits per heavy atom. The summed E-state index contributed by atoms with van der Waals surface area (Å²) in [4.78, 5) is 11.0. The van der Waals surface area contributed by atoms with Crippen molar-refractivity contribution in [1.29, 1.82) is 0 Å². The van der Waals surface area contributed by atoms with E-state index in [9.17, 15) is 9.90 Å². The van der Waals surface area contributed by atoms with Gasteiger partial charge in [-0.2, -0.15) is 0 Å². The Balaban J connectivity index is 3.01. The molecule has 0 aromatic heterocycles. The van der Waals surface area contributed by atoms with E-state index in [-0.39, 0.29) is 12.4 Å². The van der Waals surface area contributed by atoms with Gasteiger partial charge >= 0.3 is 5.97 Å². The smallest absolute Gasteiger partial charge is 0.384 e. The number of rotatable bonds is 1. The Hall–Kier alpha value is -1.66. The van der Waals surface area contributed by atoms with Crippen LogP contribution in [0.2, 0.25) is 5.02 Å². The average molecular weight is 239 g/mol. The van der Waals surface area contributed by atoms with Gasteiger partial charge in [-0.05, 0) is 31.5 Å². The van der Waals surface area contributed by atoms with Crippen LogP contribution in [0.5, 0.6) is 5.75 Å². The lowest BCUT2D eigenvalue weighted by atomic mass is 10.1. The standard InChI is InChI=1S/C12H11ClO3/c1-3-16-11(14)5-4-9-7-10(13)6-8(2)12(9)15/h6-7,15H,3H2,1-2H3. The van der Waals surface area contributed by atoms with Crippen LogP contribution in [0.4, 0.5) is 0 Å². The average Bonchev–Trinajstić information content (AvgIpc) is 2.21. The molecule has 0 aliphatic carbocycles. The van der Waals surface area contributed by atoms with E-state index in [1.807, 2.05) is 0 Å². The van der Waals surface area contributed by atoms with E-state index in [2.05, 4.69) is 16.6 Å². The molecule has 1 aromatic rings. The zero-order valence-electron chi connectivity index (χ0n) is 9.00. The van der Waals surface area contributed by atoms with Gasteiger partial charge in [0.25, 0.3) is 0 Å². The van der Waals surface area contributed by atoms with E-state index in [4.69, 9.17) is 11.6 Å². The van der Waals surface area contributed by atoms with Crippen LogP contribution >= 0.6 is 11.6 Å². The quantitative estimate of drug-likeness (QED) is 0.603. The summed E-state index contributed by atoms with van der Waals surface area (Å²) in [5.41, 5.74) is 0.929. The molecule has 0 atom stereocenters. The molecule has 0 aliphatic rings. The van der Waals surface area contributed by atoms with Crippen molar-refractivity contribution in [2.75, 3.05) is 6.61 Å². The molecule has 0 radical (unpaired) electrons. The predicted octanol–water partition coefficient (Wildman–Crippen LogP) is 2.27. The number of phenols is 1. The molecule has 0 saturated heterocycles. The number of aromatic hydroxyl groups is 1. The molecule has 1 aromatic carbocycles. The molecule has 0 spiro atoms. The van der Waals surface area contributed by atoms with E-state index >= 15 is 0 Å². The summed E-state index contributed by atoms with van der Waals surface area (Å²) in [7, 11) is 0. The second-order valence-electron chi connectivity index (χ2n) is 3.09. The molecule has 84 valence electrons. The fourth-order valence-corrected chi connectivity index (χ4v) is 1.39. The lowest BCUT2D eigenvalue weighted by Gasteiger charge is -2.01. The molecule has 0 saturated carbocycles. The monoisotopic (exact) mass is 238 g/mol. The van der Waals surface area contributed by atoms with Crippen LogP contribution in [0.3, 0.4) is 0 Å². The summed E-state index contributed by atoms with van der Waals surface area (Å²) in [5, 5.41) is 10.1. The van der Waals surface area contributed by atoms with E-state index in [0.29, 0.717) is 16.1 Å². The van der Waals surface area contributed by atoms with Gasteiger partial charge in [-0.1, -0.05) is 17.5 Å². The van der Waals surface area contributed by atoms with Crippen molar-refractivity contribution in [1.82, 2.24) is 0 Å². The molecule has 0 unspecified atom stereocenters. The number of hydrogen-bond acceptors (Lipinski definition) is 3. The first-order chi connectivity index (χ1) is 7.54. The number of hydrogen-bond donors (Lipinski definition) is 1. The van der Waals surface area contributed by atoms with Crippen LogP contribution in [0.15, 0.2) is 12.1 Å². The Labute approximate surface area is 99.0 Å². The maximum Gasteiger partial charge on any atom is 0.384 e. The number of carbonyl (C=O) groups is 1. The van der Waals surface area contributed by atoms with Crippen molar-refractivity contribution in [2.45, 2.75) is 13.8 Å². The minimum absolute atomic E-state index is 0.0289. The number of ether oxygens (including phenoxy) is 1. The number of benzene rings is 1. The van der Waals surface area contributed by atoms with Crippen molar-refractivity contribution in [3.05, 3.63) is 28.3 Å². The highest BCUT2D eigenvalue weighted by Gasteiger charge is 2.04. The molecular weight excluding hydrogens is 228 g/mol. The molecular formula is C12H11ClO3. The summed E-state index contributed by atoms with van der Waals surface area (Å²) >= 11 is 5.80. The highest BCUT2D eigenvalue weighted by molar-refractivity contribution is 6.30. The van der Waals surface area contributed by atoms with E-state index < -0.39 is 5.97 Å². The fourth-order valence-electron chi connectivity index (χ4n) is 1.12. The molecule has 4 heteroatoms. The second kappa shape index (κ2) is 5.43. The van der Waals surface area contributed by atoms with Gasteiger partial charge in [0.2, 0.25) is 0 Å². The minimum atomic E-state index is -0.625. The minimum Gasteiger partial charge on any atom is -0.506 e. The van der Waals surface area contributed by atoms with Crippen LogP contribution in [-0.2, 0) is 9.53 Å².